The zero-order chi connectivity index (χ0) is 11.9. The highest BCUT2D eigenvalue weighted by molar-refractivity contribution is 6.78. The molecule has 0 aromatic carbocycles. The van der Waals surface area contributed by atoms with Gasteiger partial charge in [-0.25, -0.2) is 0 Å². The Labute approximate surface area is 93.4 Å². The van der Waals surface area contributed by atoms with Crippen LogP contribution in [0, 0.1) is 0 Å². The second-order valence-electron chi connectivity index (χ2n) is 6.50. The van der Waals surface area contributed by atoms with Crippen molar-refractivity contribution in [3.05, 3.63) is 0 Å². The molecule has 1 saturated heterocycles. The third-order valence-electron chi connectivity index (χ3n) is 2.85. The summed E-state index contributed by atoms with van der Waals surface area (Å²) in [5.74, 6) is -0.215. The van der Waals surface area contributed by atoms with Crippen LogP contribution in [0.5, 0.6) is 0 Å². The van der Waals surface area contributed by atoms with Crippen molar-refractivity contribution in [1.29, 1.82) is 0 Å². The molecule has 15 heavy (non-hydrogen) atoms. The number of nitrogens with two attached hydrogens (primary N) is 1. The molecule has 3 nitrogen and oxygen atoms in total. The van der Waals surface area contributed by atoms with Crippen LogP contribution in [0.15, 0.2) is 0 Å². The predicted octanol–water partition coefficient (Wildman–Crippen LogP) is 2.14. The molecule has 0 bridgehead atoms. The first-order valence-electron chi connectivity index (χ1n) is 5.57. The van der Waals surface area contributed by atoms with Gasteiger partial charge in [-0.15, -0.1) is 0 Å². The summed E-state index contributed by atoms with van der Waals surface area (Å²) in [5, 5.41) is 0. The average Bonchev–Trinajstić information content (AvgIpc) is 2.23. The minimum absolute atomic E-state index is 0.215. The van der Waals surface area contributed by atoms with Gasteiger partial charge in [0.05, 0.1) is 0 Å². The van der Waals surface area contributed by atoms with Crippen molar-refractivity contribution in [2.24, 2.45) is 5.73 Å². The summed E-state index contributed by atoms with van der Waals surface area (Å²) in [6.07, 6.45) is 0.793. The third kappa shape index (κ3) is 3.31. The summed E-state index contributed by atoms with van der Waals surface area (Å²) >= 11 is 0. The van der Waals surface area contributed by atoms with Gasteiger partial charge in [-0.1, -0.05) is 19.1 Å². The molecule has 1 rings (SSSR count). The summed E-state index contributed by atoms with van der Waals surface area (Å²) in [6, 6.07) is 1.98. The van der Waals surface area contributed by atoms with Crippen LogP contribution >= 0.6 is 0 Å². The third-order valence-corrected chi connectivity index (χ3v) is 6.04. The molecule has 1 unspecified atom stereocenters. The van der Waals surface area contributed by atoms with Crippen molar-refractivity contribution in [2.75, 3.05) is 0 Å². The van der Waals surface area contributed by atoms with Gasteiger partial charge in [0.1, 0.15) is 11.1 Å². The maximum Gasteiger partial charge on any atom is 0.326 e. The first-order chi connectivity index (χ1) is 6.54. The van der Waals surface area contributed by atoms with Gasteiger partial charge in [-0.05, 0) is 33.2 Å². The first kappa shape index (κ1) is 12.7. The summed E-state index contributed by atoms with van der Waals surface area (Å²) in [5.41, 5.74) is 5.01. The van der Waals surface area contributed by atoms with Gasteiger partial charge >= 0.3 is 5.97 Å². The Balaban J connectivity index is 2.69. The van der Waals surface area contributed by atoms with Crippen molar-refractivity contribution >= 4 is 14.0 Å². The normalized spacial score (nSPS) is 30.3. The van der Waals surface area contributed by atoms with Gasteiger partial charge in [0.2, 0.25) is 0 Å². The number of hydrogen-bond donors (Lipinski definition) is 1. The second-order valence-corrected chi connectivity index (χ2v) is 11.7. The quantitative estimate of drug-likeness (QED) is 0.553. The highest BCUT2D eigenvalue weighted by atomic mass is 28.3. The van der Waals surface area contributed by atoms with E-state index in [1.807, 2.05) is 20.8 Å². The lowest BCUT2D eigenvalue weighted by Crippen LogP contribution is -2.50. The van der Waals surface area contributed by atoms with Gasteiger partial charge in [0.25, 0.3) is 0 Å². The Bertz CT molecular complexity index is 270. The highest BCUT2D eigenvalue weighted by Crippen LogP contribution is 2.37. The molecule has 0 aliphatic carbocycles. The van der Waals surface area contributed by atoms with E-state index in [9.17, 15) is 4.79 Å². The molecule has 1 fully saturated rings. The smallest absolute Gasteiger partial charge is 0.326 e. The fourth-order valence-corrected chi connectivity index (χ4v) is 5.47. The van der Waals surface area contributed by atoms with Crippen LogP contribution in [0.4, 0.5) is 0 Å². The Morgan fingerprint density at radius 1 is 1.40 bits per heavy atom. The summed E-state index contributed by atoms with van der Waals surface area (Å²) < 4.78 is 5.38. The van der Waals surface area contributed by atoms with E-state index in [1.54, 1.807) is 0 Å². The number of rotatable bonds is 1. The van der Waals surface area contributed by atoms with Gasteiger partial charge in [0, 0.05) is 8.07 Å². The maximum absolute atomic E-state index is 11.9. The lowest BCUT2D eigenvalue weighted by atomic mass is 10.0. The zero-order valence-electron chi connectivity index (χ0n) is 10.5. The first-order valence-corrected chi connectivity index (χ1v) is 8.98. The van der Waals surface area contributed by atoms with E-state index in [-0.39, 0.29) is 5.97 Å². The molecule has 1 aliphatic heterocycles. The van der Waals surface area contributed by atoms with Gasteiger partial charge in [-0.2, -0.15) is 0 Å². The number of esters is 1. The molecule has 1 heterocycles. The zero-order valence-corrected chi connectivity index (χ0v) is 11.5. The van der Waals surface area contributed by atoms with Crippen LogP contribution in [-0.4, -0.2) is 25.2 Å². The van der Waals surface area contributed by atoms with Crippen LogP contribution in [0.3, 0.4) is 0 Å². The minimum atomic E-state index is -1.24. The van der Waals surface area contributed by atoms with Crippen LogP contribution in [-0.2, 0) is 9.53 Å². The molecular formula is C11H23NO2Si. The van der Waals surface area contributed by atoms with Crippen molar-refractivity contribution in [1.82, 2.24) is 0 Å². The molecule has 1 aliphatic rings. The number of carbonyl (C=O) groups is 1. The van der Waals surface area contributed by atoms with Crippen LogP contribution in [0.2, 0.25) is 25.2 Å². The molecule has 0 saturated carbocycles. The fraction of sp³-hybridized carbons (Fsp3) is 0.909. The molecule has 0 aromatic rings. The van der Waals surface area contributed by atoms with E-state index in [0.717, 1.165) is 18.5 Å². The van der Waals surface area contributed by atoms with Crippen molar-refractivity contribution in [3.8, 4) is 0 Å². The number of carbonyl (C=O) groups excluding carboxylic acids is 1. The van der Waals surface area contributed by atoms with E-state index in [2.05, 4.69) is 13.1 Å². The maximum atomic E-state index is 11.9. The standard InChI is InChI=1S/C11H23NO2Si/c1-10(2,3)14-9(13)11(12)6-7-15(4,5)8-11/h6-8,12H2,1-5H3. The summed E-state index contributed by atoms with van der Waals surface area (Å²) in [7, 11) is -1.24. The van der Waals surface area contributed by atoms with E-state index in [0.29, 0.717) is 0 Å². The van der Waals surface area contributed by atoms with Gasteiger partial charge < -0.3 is 10.5 Å². The molecule has 88 valence electrons. The largest absolute Gasteiger partial charge is 0.459 e. The molecule has 4 heteroatoms. The van der Waals surface area contributed by atoms with Crippen LogP contribution < -0.4 is 5.73 Å². The van der Waals surface area contributed by atoms with Crippen molar-refractivity contribution in [2.45, 2.75) is 63.5 Å². The number of hydrogen-bond acceptors (Lipinski definition) is 3. The molecule has 1 atom stereocenters. The Hall–Kier alpha value is -0.353. The highest BCUT2D eigenvalue weighted by Gasteiger charge is 2.48. The molecule has 0 amide bonds. The lowest BCUT2D eigenvalue weighted by molar-refractivity contribution is -0.160. The Kier molecular flexibility index (Phi) is 3.05. The van der Waals surface area contributed by atoms with E-state index >= 15 is 0 Å². The Morgan fingerprint density at radius 3 is 2.27 bits per heavy atom. The van der Waals surface area contributed by atoms with E-state index in [4.69, 9.17) is 10.5 Å². The molecule has 2 N–H and O–H groups in total. The van der Waals surface area contributed by atoms with Crippen molar-refractivity contribution < 1.29 is 9.53 Å². The topological polar surface area (TPSA) is 52.3 Å². The van der Waals surface area contributed by atoms with Crippen LogP contribution in [0.1, 0.15) is 27.2 Å². The van der Waals surface area contributed by atoms with E-state index in [1.165, 1.54) is 0 Å². The van der Waals surface area contributed by atoms with Crippen LogP contribution in [0.25, 0.3) is 0 Å². The minimum Gasteiger partial charge on any atom is -0.459 e. The summed E-state index contributed by atoms with van der Waals surface area (Å²) in [4.78, 5) is 11.9. The van der Waals surface area contributed by atoms with Gasteiger partial charge in [0.15, 0.2) is 0 Å². The Morgan fingerprint density at radius 2 is 1.93 bits per heavy atom. The molecular weight excluding hydrogens is 206 g/mol. The fourth-order valence-electron chi connectivity index (χ4n) is 2.15. The lowest BCUT2D eigenvalue weighted by Gasteiger charge is -2.28. The van der Waals surface area contributed by atoms with Gasteiger partial charge in [-0.3, -0.25) is 4.79 Å². The predicted molar refractivity (Wildman–Crippen MR) is 64.5 cm³/mol. The number of ether oxygens (including phenoxy) is 1. The monoisotopic (exact) mass is 229 g/mol. The second kappa shape index (κ2) is 3.59. The average molecular weight is 229 g/mol. The molecule has 0 radical (unpaired) electrons. The SMILES string of the molecule is CC(C)(C)OC(=O)C1(N)CC[Si](C)(C)C1. The van der Waals surface area contributed by atoms with E-state index < -0.39 is 19.2 Å². The molecule has 0 spiro atoms. The molecule has 0 aromatic heterocycles. The van der Waals surface area contributed by atoms with Crippen molar-refractivity contribution in [3.63, 3.8) is 0 Å². The summed E-state index contributed by atoms with van der Waals surface area (Å²) in [6.45, 7) is 10.2.